The molecule has 1 aliphatic rings. The fourth-order valence-electron chi connectivity index (χ4n) is 3.19. The van der Waals surface area contributed by atoms with Crippen molar-refractivity contribution in [1.29, 1.82) is 0 Å². The van der Waals surface area contributed by atoms with Crippen molar-refractivity contribution in [2.24, 2.45) is 11.7 Å². The molecule has 0 aliphatic carbocycles. The van der Waals surface area contributed by atoms with Gasteiger partial charge in [0.15, 0.2) is 21.5 Å². The third-order valence-electron chi connectivity index (χ3n) is 5.29. The van der Waals surface area contributed by atoms with Crippen LogP contribution < -0.4 is 5.73 Å². The molecule has 1 fully saturated rings. The van der Waals surface area contributed by atoms with Gasteiger partial charge in [-0.2, -0.15) is 0 Å². The minimum absolute atomic E-state index is 0.0150. The van der Waals surface area contributed by atoms with Crippen molar-refractivity contribution in [3.63, 3.8) is 0 Å². The minimum Gasteiger partial charge on any atom is -0.342 e. The summed E-state index contributed by atoms with van der Waals surface area (Å²) in [5.41, 5.74) is 6.15. The first-order valence-electron chi connectivity index (χ1n) is 9.21. The molecule has 1 amide bonds. The topological polar surface area (TPSA) is 80.5 Å². The van der Waals surface area contributed by atoms with Gasteiger partial charge in [0.1, 0.15) is 11.6 Å². The van der Waals surface area contributed by atoms with Crippen LogP contribution in [0.15, 0.2) is 12.1 Å². The number of halogens is 3. The second-order valence-electron chi connectivity index (χ2n) is 8.32. The first-order valence-corrected chi connectivity index (χ1v) is 10.9. The molecule has 1 unspecified atom stereocenters. The van der Waals surface area contributed by atoms with Gasteiger partial charge < -0.3 is 10.6 Å². The largest absolute Gasteiger partial charge is 0.342 e. The number of hydrogen-bond acceptors (Lipinski definition) is 4. The fourth-order valence-corrected chi connectivity index (χ4v) is 4.13. The number of likely N-dealkylation sites (tertiary alicyclic amines) is 1. The summed E-state index contributed by atoms with van der Waals surface area (Å²) in [4.78, 5) is 13.8. The lowest BCUT2D eigenvalue weighted by molar-refractivity contribution is -0.129. The molecule has 1 aromatic carbocycles. The van der Waals surface area contributed by atoms with Gasteiger partial charge in [-0.3, -0.25) is 4.79 Å². The summed E-state index contributed by atoms with van der Waals surface area (Å²) in [5.74, 6) is -4.21. The zero-order valence-electron chi connectivity index (χ0n) is 16.3. The summed E-state index contributed by atoms with van der Waals surface area (Å²) < 4.78 is 63.6. The van der Waals surface area contributed by atoms with Crippen molar-refractivity contribution in [2.75, 3.05) is 18.8 Å². The molecule has 2 N–H and O–H groups in total. The molecule has 0 aromatic heterocycles. The molecule has 0 saturated carbocycles. The molecule has 2 rings (SSSR count). The van der Waals surface area contributed by atoms with Gasteiger partial charge in [0.05, 0.1) is 4.75 Å². The predicted octanol–water partition coefficient (Wildman–Crippen LogP) is 2.43. The average Bonchev–Trinajstić information content (AvgIpc) is 2.58. The molecular formula is C19H27F3N2O3S. The van der Waals surface area contributed by atoms with E-state index in [1.54, 1.807) is 20.8 Å². The van der Waals surface area contributed by atoms with Crippen LogP contribution in [0.3, 0.4) is 0 Å². The number of amides is 1. The van der Waals surface area contributed by atoms with E-state index >= 15 is 0 Å². The highest BCUT2D eigenvalue weighted by molar-refractivity contribution is 7.93. The van der Waals surface area contributed by atoms with E-state index in [1.807, 2.05) is 0 Å². The van der Waals surface area contributed by atoms with Crippen molar-refractivity contribution < 1.29 is 26.4 Å². The monoisotopic (exact) mass is 420 g/mol. The number of nitrogens with two attached hydrogens (primary N) is 1. The second kappa shape index (κ2) is 8.41. The van der Waals surface area contributed by atoms with Gasteiger partial charge in [0.2, 0.25) is 5.91 Å². The molecule has 158 valence electrons. The standard InChI is InChI=1S/C19H27F3N2O3S/c1-19(2,3)28(26,27)11-18(25)24-6-4-12(5-7-24)17(23)9-13-8-15(21)16(22)10-14(13)20/h8,10,12,17H,4-7,9,11,23H2,1-3H3. The Morgan fingerprint density at radius 2 is 1.68 bits per heavy atom. The Balaban J connectivity index is 1.93. The number of nitrogens with zero attached hydrogens (tertiary/aromatic N) is 1. The number of benzene rings is 1. The van der Waals surface area contributed by atoms with Crippen LogP contribution in [0, 0.1) is 23.4 Å². The number of hydrogen-bond donors (Lipinski definition) is 1. The number of sulfone groups is 1. The third-order valence-corrected chi connectivity index (χ3v) is 7.78. The third kappa shape index (κ3) is 5.26. The first kappa shape index (κ1) is 22.7. The van der Waals surface area contributed by atoms with E-state index in [2.05, 4.69) is 0 Å². The maximum atomic E-state index is 13.8. The summed E-state index contributed by atoms with van der Waals surface area (Å²) in [6, 6.07) is 0.851. The van der Waals surface area contributed by atoms with E-state index in [4.69, 9.17) is 5.73 Å². The van der Waals surface area contributed by atoms with Crippen molar-refractivity contribution in [2.45, 2.75) is 50.8 Å². The van der Waals surface area contributed by atoms with Crippen LogP contribution in [0.2, 0.25) is 0 Å². The Bertz CT molecular complexity index is 830. The normalized spacial score (nSPS) is 17.6. The molecule has 1 saturated heterocycles. The Labute approximate surface area is 164 Å². The van der Waals surface area contributed by atoms with Crippen molar-refractivity contribution in [1.82, 2.24) is 4.90 Å². The van der Waals surface area contributed by atoms with Gasteiger partial charge in [-0.05, 0) is 57.6 Å². The molecule has 0 spiro atoms. The van der Waals surface area contributed by atoms with Crippen LogP contribution in [0.4, 0.5) is 13.2 Å². The number of carbonyl (C=O) groups excluding carboxylic acids is 1. The van der Waals surface area contributed by atoms with E-state index < -0.39 is 49.7 Å². The zero-order chi connectivity index (χ0) is 21.3. The van der Waals surface area contributed by atoms with Crippen molar-refractivity contribution >= 4 is 15.7 Å². The molecule has 0 radical (unpaired) electrons. The van der Waals surface area contributed by atoms with E-state index in [-0.39, 0.29) is 17.9 Å². The molecule has 1 heterocycles. The molecule has 1 atom stereocenters. The van der Waals surface area contributed by atoms with E-state index in [0.717, 1.165) is 6.07 Å². The summed E-state index contributed by atoms with van der Waals surface area (Å²) in [7, 11) is -3.55. The number of carbonyl (C=O) groups is 1. The van der Waals surface area contributed by atoms with Crippen LogP contribution in [0.25, 0.3) is 0 Å². The van der Waals surface area contributed by atoms with Crippen LogP contribution in [-0.2, 0) is 21.1 Å². The van der Waals surface area contributed by atoms with Crippen molar-refractivity contribution in [3.8, 4) is 0 Å². The number of rotatable bonds is 5. The fraction of sp³-hybridized carbons (Fsp3) is 0.632. The summed E-state index contributed by atoms with van der Waals surface area (Å²) in [6.07, 6.45) is 1.13. The Morgan fingerprint density at radius 1 is 1.14 bits per heavy atom. The SMILES string of the molecule is CC(C)(C)S(=O)(=O)CC(=O)N1CCC(C(N)Cc2cc(F)c(F)cc2F)CC1. The molecule has 5 nitrogen and oxygen atoms in total. The molecule has 0 bridgehead atoms. The molecular weight excluding hydrogens is 393 g/mol. The highest BCUT2D eigenvalue weighted by Gasteiger charge is 2.34. The zero-order valence-corrected chi connectivity index (χ0v) is 17.2. The summed E-state index contributed by atoms with van der Waals surface area (Å²) in [5, 5.41) is 0. The maximum Gasteiger partial charge on any atom is 0.237 e. The Kier molecular flexibility index (Phi) is 6.81. The number of piperidine rings is 1. The summed E-state index contributed by atoms with van der Waals surface area (Å²) in [6.45, 7) is 5.38. The molecule has 28 heavy (non-hydrogen) atoms. The van der Waals surface area contributed by atoms with Crippen LogP contribution in [0.5, 0.6) is 0 Å². The molecule has 1 aliphatic heterocycles. The predicted molar refractivity (Wildman–Crippen MR) is 101 cm³/mol. The molecule has 9 heteroatoms. The van der Waals surface area contributed by atoms with Gasteiger partial charge in [-0.25, -0.2) is 21.6 Å². The van der Waals surface area contributed by atoms with Gasteiger partial charge in [0, 0.05) is 25.2 Å². The lowest BCUT2D eigenvalue weighted by Crippen LogP contribution is -2.47. The van der Waals surface area contributed by atoms with Gasteiger partial charge in [-0.1, -0.05) is 0 Å². The van der Waals surface area contributed by atoms with Crippen molar-refractivity contribution in [3.05, 3.63) is 35.1 Å². The maximum absolute atomic E-state index is 13.8. The highest BCUT2D eigenvalue weighted by atomic mass is 32.2. The first-order chi connectivity index (χ1) is 12.8. The van der Waals surface area contributed by atoms with Crippen LogP contribution >= 0.6 is 0 Å². The van der Waals surface area contributed by atoms with E-state index in [9.17, 15) is 26.4 Å². The quantitative estimate of drug-likeness (QED) is 0.742. The highest BCUT2D eigenvalue weighted by Crippen LogP contribution is 2.25. The Hall–Kier alpha value is -1.61. The second-order valence-corrected chi connectivity index (χ2v) is 11.1. The summed E-state index contributed by atoms with van der Waals surface area (Å²) >= 11 is 0. The minimum atomic E-state index is -3.55. The van der Waals surface area contributed by atoms with Crippen LogP contribution in [0.1, 0.15) is 39.2 Å². The lowest BCUT2D eigenvalue weighted by Gasteiger charge is -2.35. The van der Waals surface area contributed by atoms with Crippen LogP contribution in [-0.4, -0.2) is 48.9 Å². The Morgan fingerprint density at radius 3 is 2.21 bits per heavy atom. The van der Waals surface area contributed by atoms with E-state index in [1.165, 1.54) is 4.90 Å². The average molecular weight is 420 g/mol. The van der Waals surface area contributed by atoms with Gasteiger partial charge >= 0.3 is 0 Å². The molecule has 1 aromatic rings. The van der Waals surface area contributed by atoms with E-state index in [0.29, 0.717) is 32.0 Å². The van der Waals surface area contributed by atoms with Gasteiger partial charge in [-0.15, -0.1) is 0 Å². The smallest absolute Gasteiger partial charge is 0.237 e. The van der Waals surface area contributed by atoms with Gasteiger partial charge in [0.25, 0.3) is 0 Å². The lowest BCUT2D eigenvalue weighted by atomic mass is 9.86.